The maximum absolute atomic E-state index is 12.0. The number of methoxy groups -OCH3 is 2. The van der Waals surface area contributed by atoms with Gasteiger partial charge in [0.05, 0.1) is 26.5 Å². The van der Waals surface area contributed by atoms with Crippen LogP contribution in [0.3, 0.4) is 0 Å². The first-order valence-electron chi connectivity index (χ1n) is 8.13. The Kier molecular flexibility index (Phi) is 6.06. The van der Waals surface area contributed by atoms with E-state index in [4.69, 9.17) is 14.3 Å². The lowest BCUT2D eigenvalue weighted by molar-refractivity contribution is -0.132. The average molecular weight is 334 g/mol. The van der Waals surface area contributed by atoms with Crippen molar-refractivity contribution in [3.63, 3.8) is 0 Å². The second-order valence-corrected chi connectivity index (χ2v) is 6.41. The van der Waals surface area contributed by atoms with E-state index >= 15 is 0 Å². The van der Waals surface area contributed by atoms with Crippen LogP contribution in [0.5, 0.6) is 11.5 Å². The largest absolute Gasteiger partial charge is 0.493 e. The zero-order valence-electron chi connectivity index (χ0n) is 15.0. The van der Waals surface area contributed by atoms with Gasteiger partial charge >= 0.3 is 0 Å². The van der Waals surface area contributed by atoms with Gasteiger partial charge in [0.15, 0.2) is 17.6 Å². The highest BCUT2D eigenvalue weighted by Crippen LogP contribution is 2.29. The number of hydrogen-bond donors (Lipinski definition) is 0. The molecule has 0 radical (unpaired) electrons. The molecule has 1 atom stereocenters. The lowest BCUT2D eigenvalue weighted by Gasteiger charge is -2.20. The molecule has 1 aliphatic rings. The van der Waals surface area contributed by atoms with Gasteiger partial charge in [-0.25, -0.2) is 0 Å². The topological polar surface area (TPSA) is 60.4 Å². The van der Waals surface area contributed by atoms with Crippen molar-refractivity contribution in [2.45, 2.75) is 32.8 Å². The fourth-order valence-electron chi connectivity index (χ4n) is 2.62. The molecule has 132 valence electrons. The van der Waals surface area contributed by atoms with Crippen molar-refractivity contribution in [2.75, 3.05) is 27.8 Å². The minimum absolute atomic E-state index is 0.116. The van der Waals surface area contributed by atoms with E-state index in [1.165, 1.54) is 0 Å². The van der Waals surface area contributed by atoms with Crippen LogP contribution in [-0.2, 0) is 9.63 Å². The van der Waals surface area contributed by atoms with E-state index in [9.17, 15) is 4.79 Å². The monoisotopic (exact) mass is 334 g/mol. The molecule has 0 aromatic heterocycles. The summed E-state index contributed by atoms with van der Waals surface area (Å²) in [5, 5.41) is 4.17. The highest BCUT2D eigenvalue weighted by atomic mass is 16.6. The minimum Gasteiger partial charge on any atom is -0.493 e. The Balaban J connectivity index is 1.96. The molecule has 0 aliphatic carbocycles. The zero-order chi connectivity index (χ0) is 17.7. The number of carbonyl (C=O) groups excluding carboxylic acids is 1. The molecule has 0 saturated carbocycles. The average Bonchev–Trinajstić information content (AvgIpc) is 3.01. The normalized spacial score (nSPS) is 16.6. The molecule has 1 aromatic carbocycles. The molecule has 6 heteroatoms. The van der Waals surface area contributed by atoms with Gasteiger partial charge in [-0.05, 0) is 24.1 Å². The maximum atomic E-state index is 12.0. The van der Waals surface area contributed by atoms with Gasteiger partial charge in [0.2, 0.25) is 5.91 Å². The molecular formula is C18H26N2O4. The van der Waals surface area contributed by atoms with Crippen LogP contribution in [0.25, 0.3) is 0 Å². The molecule has 0 fully saturated rings. The van der Waals surface area contributed by atoms with Crippen molar-refractivity contribution in [1.82, 2.24) is 4.90 Å². The summed E-state index contributed by atoms with van der Waals surface area (Å²) >= 11 is 0. The van der Waals surface area contributed by atoms with Gasteiger partial charge in [0.1, 0.15) is 0 Å². The van der Waals surface area contributed by atoms with E-state index < -0.39 is 0 Å². The van der Waals surface area contributed by atoms with Crippen molar-refractivity contribution in [1.29, 1.82) is 0 Å². The fraction of sp³-hybridized carbons (Fsp3) is 0.556. The smallest absolute Gasteiger partial charge is 0.222 e. The SMILES string of the molecule is COc1ccc(C2=NOC(CN(C)C(=O)CC(C)C)C2)cc1OC. The van der Waals surface area contributed by atoms with Crippen molar-refractivity contribution >= 4 is 11.6 Å². The second kappa shape index (κ2) is 8.04. The van der Waals surface area contributed by atoms with Crippen molar-refractivity contribution in [3.8, 4) is 11.5 Å². The molecular weight excluding hydrogens is 308 g/mol. The van der Waals surface area contributed by atoms with E-state index in [2.05, 4.69) is 5.16 Å². The number of likely N-dealkylation sites (N-methyl/N-ethyl adjacent to an activating group) is 1. The molecule has 1 unspecified atom stereocenters. The molecule has 0 N–H and O–H groups in total. The van der Waals surface area contributed by atoms with Crippen LogP contribution in [0, 0.1) is 5.92 Å². The summed E-state index contributed by atoms with van der Waals surface area (Å²) in [6.45, 7) is 4.61. The number of benzene rings is 1. The van der Waals surface area contributed by atoms with Crippen molar-refractivity contribution < 1.29 is 19.1 Å². The first kappa shape index (κ1) is 18.1. The van der Waals surface area contributed by atoms with Crippen LogP contribution in [0.1, 0.15) is 32.3 Å². The van der Waals surface area contributed by atoms with E-state index in [0.717, 1.165) is 11.3 Å². The molecule has 1 amide bonds. The Morgan fingerprint density at radius 1 is 1.33 bits per heavy atom. The highest BCUT2D eigenvalue weighted by molar-refractivity contribution is 6.01. The van der Waals surface area contributed by atoms with Gasteiger partial charge in [-0.3, -0.25) is 4.79 Å². The standard InChI is InChI=1S/C18H26N2O4/c1-12(2)8-18(21)20(3)11-14-10-15(19-24-14)13-6-7-16(22-4)17(9-13)23-5/h6-7,9,12,14H,8,10-11H2,1-5H3. The molecule has 1 aliphatic heterocycles. The van der Waals surface area contributed by atoms with Crippen LogP contribution in [0.15, 0.2) is 23.4 Å². The Labute approximate surface area is 143 Å². The first-order valence-corrected chi connectivity index (χ1v) is 8.13. The Morgan fingerprint density at radius 3 is 2.67 bits per heavy atom. The molecule has 0 spiro atoms. The number of oxime groups is 1. The third-order valence-corrected chi connectivity index (χ3v) is 3.94. The van der Waals surface area contributed by atoms with Crippen LogP contribution in [0.2, 0.25) is 0 Å². The quantitative estimate of drug-likeness (QED) is 0.769. The minimum atomic E-state index is -0.116. The summed E-state index contributed by atoms with van der Waals surface area (Å²) in [7, 11) is 5.02. The number of nitrogens with zero attached hydrogens (tertiary/aromatic N) is 2. The number of hydrogen-bond acceptors (Lipinski definition) is 5. The second-order valence-electron chi connectivity index (χ2n) is 6.41. The predicted octanol–water partition coefficient (Wildman–Crippen LogP) is 2.70. The first-order chi connectivity index (χ1) is 11.4. The molecule has 2 rings (SSSR count). The number of rotatable bonds is 7. The van der Waals surface area contributed by atoms with Crippen molar-refractivity contribution in [3.05, 3.63) is 23.8 Å². The van der Waals surface area contributed by atoms with Crippen molar-refractivity contribution in [2.24, 2.45) is 11.1 Å². The Hall–Kier alpha value is -2.24. The van der Waals surface area contributed by atoms with E-state index in [1.807, 2.05) is 39.1 Å². The summed E-state index contributed by atoms with van der Waals surface area (Å²) < 4.78 is 10.6. The van der Waals surface area contributed by atoms with Gasteiger partial charge in [0.25, 0.3) is 0 Å². The predicted molar refractivity (Wildman–Crippen MR) is 92.7 cm³/mol. The molecule has 24 heavy (non-hydrogen) atoms. The van der Waals surface area contributed by atoms with Gasteiger partial charge in [-0.2, -0.15) is 0 Å². The summed E-state index contributed by atoms with van der Waals surface area (Å²) in [6, 6.07) is 5.67. The van der Waals surface area contributed by atoms with Gasteiger partial charge in [-0.1, -0.05) is 19.0 Å². The third kappa shape index (κ3) is 4.40. The number of carbonyl (C=O) groups is 1. The summed E-state index contributed by atoms with van der Waals surface area (Å²) in [5.74, 6) is 1.82. The molecule has 1 aromatic rings. The molecule has 0 bridgehead atoms. The van der Waals surface area contributed by atoms with Gasteiger partial charge < -0.3 is 19.2 Å². The molecule has 0 saturated heterocycles. The van der Waals surface area contributed by atoms with E-state index in [0.29, 0.717) is 36.8 Å². The van der Waals surface area contributed by atoms with Crippen LogP contribution in [-0.4, -0.2) is 50.4 Å². The Bertz CT molecular complexity index is 613. The maximum Gasteiger partial charge on any atom is 0.222 e. The number of amides is 1. The summed E-state index contributed by atoms with van der Waals surface area (Å²) in [5.41, 5.74) is 1.79. The van der Waals surface area contributed by atoms with Gasteiger partial charge in [0, 0.05) is 25.5 Å². The molecule has 6 nitrogen and oxygen atoms in total. The van der Waals surface area contributed by atoms with E-state index in [1.54, 1.807) is 19.1 Å². The summed E-state index contributed by atoms with van der Waals surface area (Å²) in [4.78, 5) is 19.3. The zero-order valence-corrected chi connectivity index (χ0v) is 15.0. The lowest BCUT2D eigenvalue weighted by Crippen LogP contribution is -2.35. The van der Waals surface area contributed by atoms with Gasteiger partial charge in [-0.15, -0.1) is 0 Å². The van der Waals surface area contributed by atoms with Crippen LogP contribution >= 0.6 is 0 Å². The Morgan fingerprint density at radius 2 is 2.04 bits per heavy atom. The summed E-state index contributed by atoms with van der Waals surface area (Å²) in [6.07, 6.45) is 1.09. The van der Waals surface area contributed by atoms with Crippen LogP contribution < -0.4 is 9.47 Å². The highest BCUT2D eigenvalue weighted by Gasteiger charge is 2.25. The fourth-order valence-corrected chi connectivity index (χ4v) is 2.62. The number of ether oxygens (including phenoxy) is 2. The van der Waals surface area contributed by atoms with Crippen LogP contribution in [0.4, 0.5) is 0 Å². The van der Waals surface area contributed by atoms with E-state index in [-0.39, 0.29) is 12.0 Å². The lowest BCUT2D eigenvalue weighted by atomic mass is 10.0. The molecule has 1 heterocycles. The third-order valence-electron chi connectivity index (χ3n) is 3.94.